The van der Waals surface area contributed by atoms with Gasteiger partial charge in [-0.25, -0.2) is 0 Å². The smallest absolute Gasteiger partial charge is 0.0632 e. The summed E-state index contributed by atoms with van der Waals surface area (Å²) in [5, 5.41) is 12.2. The molecule has 0 amide bonds. The molecule has 2 N–H and O–H groups in total. The van der Waals surface area contributed by atoms with Crippen LogP contribution in [-0.4, -0.2) is 22.7 Å². The van der Waals surface area contributed by atoms with E-state index in [4.69, 9.17) is 5.11 Å². The molecular weight excluding hydrogens is 164 g/mol. The van der Waals surface area contributed by atoms with E-state index in [0.717, 1.165) is 17.8 Å². The second-order valence-corrected chi connectivity index (χ2v) is 3.12. The molecule has 0 fully saturated rings. The molecule has 0 aliphatic rings. The van der Waals surface area contributed by atoms with Crippen LogP contribution in [0, 0.1) is 6.92 Å². The largest absolute Gasteiger partial charge is 0.394 e. The highest BCUT2D eigenvalue weighted by molar-refractivity contribution is 5.43. The molecule has 72 valence electrons. The van der Waals surface area contributed by atoms with Crippen molar-refractivity contribution in [3.8, 4) is 0 Å². The van der Waals surface area contributed by atoms with Gasteiger partial charge in [-0.3, -0.25) is 4.98 Å². The normalized spacial score (nSPS) is 12.5. The van der Waals surface area contributed by atoms with Crippen molar-refractivity contribution in [1.82, 2.24) is 4.98 Å². The number of aliphatic hydroxyl groups is 1. The van der Waals surface area contributed by atoms with Gasteiger partial charge in [0.2, 0.25) is 0 Å². The summed E-state index contributed by atoms with van der Waals surface area (Å²) in [7, 11) is 0. The molecule has 0 aliphatic carbocycles. The average molecular weight is 180 g/mol. The third-order valence-electron chi connectivity index (χ3n) is 1.98. The molecular formula is C10H16N2O. The van der Waals surface area contributed by atoms with Crippen LogP contribution in [-0.2, 0) is 0 Å². The van der Waals surface area contributed by atoms with Gasteiger partial charge < -0.3 is 10.4 Å². The van der Waals surface area contributed by atoms with E-state index in [0.29, 0.717) is 0 Å². The number of rotatable bonds is 4. The van der Waals surface area contributed by atoms with Crippen molar-refractivity contribution in [3.63, 3.8) is 0 Å². The molecule has 1 heterocycles. The van der Waals surface area contributed by atoms with Crippen LogP contribution in [0.4, 0.5) is 5.69 Å². The first-order valence-electron chi connectivity index (χ1n) is 4.56. The fourth-order valence-corrected chi connectivity index (χ4v) is 1.15. The highest BCUT2D eigenvalue weighted by Gasteiger charge is 2.03. The lowest BCUT2D eigenvalue weighted by Crippen LogP contribution is -2.22. The number of hydrogen-bond acceptors (Lipinski definition) is 3. The van der Waals surface area contributed by atoms with Gasteiger partial charge in [-0.1, -0.05) is 6.92 Å². The number of nitrogens with one attached hydrogen (secondary N) is 1. The van der Waals surface area contributed by atoms with Gasteiger partial charge in [0.1, 0.15) is 0 Å². The van der Waals surface area contributed by atoms with E-state index >= 15 is 0 Å². The van der Waals surface area contributed by atoms with E-state index in [1.54, 1.807) is 6.20 Å². The zero-order valence-electron chi connectivity index (χ0n) is 8.12. The maximum Gasteiger partial charge on any atom is 0.0632 e. The Kier molecular flexibility index (Phi) is 3.71. The first kappa shape index (κ1) is 9.99. The average Bonchev–Trinajstić information content (AvgIpc) is 2.14. The lowest BCUT2D eigenvalue weighted by molar-refractivity contribution is 0.272. The van der Waals surface area contributed by atoms with Crippen molar-refractivity contribution in [2.24, 2.45) is 0 Å². The van der Waals surface area contributed by atoms with Gasteiger partial charge in [-0.2, -0.15) is 0 Å². The van der Waals surface area contributed by atoms with E-state index in [1.165, 1.54) is 0 Å². The Morgan fingerprint density at radius 1 is 1.62 bits per heavy atom. The second kappa shape index (κ2) is 4.82. The third-order valence-corrected chi connectivity index (χ3v) is 1.98. The summed E-state index contributed by atoms with van der Waals surface area (Å²) >= 11 is 0. The molecule has 3 nitrogen and oxygen atoms in total. The Balaban J connectivity index is 2.62. The minimum absolute atomic E-state index is 0.141. The van der Waals surface area contributed by atoms with Crippen LogP contribution >= 0.6 is 0 Å². The quantitative estimate of drug-likeness (QED) is 0.739. The molecule has 3 heteroatoms. The highest BCUT2D eigenvalue weighted by Crippen LogP contribution is 2.09. The lowest BCUT2D eigenvalue weighted by Gasteiger charge is -2.15. The number of nitrogens with zero attached hydrogens (tertiary/aromatic N) is 1. The summed E-state index contributed by atoms with van der Waals surface area (Å²) in [5.74, 6) is 0. The first-order valence-corrected chi connectivity index (χ1v) is 4.56. The number of anilines is 1. The van der Waals surface area contributed by atoms with Crippen molar-refractivity contribution in [2.45, 2.75) is 26.3 Å². The summed E-state index contributed by atoms with van der Waals surface area (Å²) in [6, 6.07) is 4.02. The standard InChI is InChI=1S/C10H16N2O/c1-3-9(7-13)12-10-4-5-11-8(2)6-10/h4-6,9,13H,3,7H2,1-2H3,(H,11,12). The maximum atomic E-state index is 8.98. The molecule has 1 unspecified atom stereocenters. The summed E-state index contributed by atoms with van der Waals surface area (Å²) in [5.41, 5.74) is 2.01. The molecule has 1 aromatic rings. The summed E-state index contributed by atoms with van der Waals surface area (Å²) < 4.78 is 0. The summed E-state index contributed by atoms with van der Waals surface area (Å²) in [4.78, 5) is 4.10. The minimum Gasteiger partial charge on any atom is -0.394 e. The minimum atomic E-state index is 0.141. The van der Waals surface area contributed by atoms with E-state index in [9.17, 15) is 0 Å². The monoisotopic (exact) mass is 180 g/mol. The number of aromatic nitrogens is 1. The summed E-state index contributed by atoms with van der Waals surface area (Å²) in [6.45, 7) is 4.16. The molecule has 1 atom stereocenters. The first-order chi connectivity index (χ1) is 6.26. The lowest BCUT2D eigenvalue weighted by atomic mass is 10.2. The van der Waals surface area contributed by atoms with Gasteiger partial charge in [0.25, 0.3) is 0 Å². The Hall–Kier alpha value is -1.09. The van der Waals surface area contributed by atoms with Crippen LogP contribution in [0.3, 0.4) is 0 Å². The van der Waals surface area contributed by atoms with E-state index in [1.807, 2.05) is 26.0 Å². The van der Waals surface area contributed by atoms with Crippen molar-refractivity contribution in [1.29, 1.82) is 0 Å². The molecule has 0 spiro atoms. The number of aryl methyl sites for hydroxylation is 1. The van der Waals surface area contributed by atoms with Crippen LogP contribution in [0.1, 0.15) is 19.0 Å². The molecule has 0 aromatic carbocycles. The van der Waals surface area contributed by atoms with E-state index in [-0.39, 0.29) is 12.6 Å². The van der Waals surface area contributed by atoms with Crippen LogP contribution in [0.5, 0.6) is 0 Å². The van der Waals surface area contributed by atoms with Crippen LogP contribution in [0.15, 0.2) is 18.3 Å². The third kappa shape index (κ3) is 3.03. The number of aliphatic hydroxyl groups excluding tert-OH is 1. The molecule has 1 aromatic heterocycles. The van der Waals surface area contributed by atoms with E-state index in [2.05, 4.69) is 10.3 Å². The van der Waals surface area contributed by atoms with Crippen LogP contribution in [0.25, 0.3) is 0 Å². The van der Waals surface area contributed by atoms with Gasteiger partial charge in [0.15, 0.2) is 0 Å². The second-order valence-electron chi connectivity index (χ2n) is 3.12. The fraction of sp³-hybridized carbons (Fsp3) is 0.500. The summed E-state index contributed by atoms with van der Waals surface area (Å²) in [6.07, 6.45) is 2.68. The van der Waals surface area contributed by atoms with E-state index < -0.39 is 0 Å². The predicted molar refractivity (Wildman–Crippen MR) is 53.8 cm³/mol. The SMILES string of the molecule is CCC(CO)Nc1ccnc(C)c1. The van der Waals surface area contributed by atoms with Crippen molar-refractivity contribution >= 4 is 5.69 Å². The molecule has 0 saturated heterocycles. The predicted octanol–water partition coefficient (Wildman–Crippen LogP) is 1.57. The highest BCUT2D eigenvalue weighted by atomic mass is 16.3. The number of pyridine rings is 1. The Morgan fingerprint density at radius 3 is 2.92 bits per heavy atom. The zero-order valence-corrected chi connectivity index (χ0v) is 8.12. The van der Waals surface area contributed by atoms with Crippen molar-refractivity contribution in [2.75, 3.05) is 11.9 Å². The molecule has 0 aliphatic heterocycles. The topological polar surface area (TPSA) is 45.1 Å². The number of hydrogen-bond donors (Lipinski definition) is 2. The van der Waals surface area contributed by atoms with Gasteiger partial charge >= 0.3 is 0 Å². The van der Waals surface area contributed by atoms with Crippen LogP contribution in [0.2, 0.25) is 0 Å². The molecule has 1 rings (SSSR count). The Morgan fingerprint density at radius 2 is 2.38 bits per heavy atom. The van der Waals surface area contributed by atoms with Crippen molar-refractivity contribution < 1.29 is 5.11 Å². The fourth-order valence-electron chi connectivity index (χ4n) is 1.15. The van der Waals surface area contributed by atoms with Gasteiger partial charge in [-0.05, 0) is 25.5 Å². The van der Waals surface area contributed by atoms with Crippen LogP contribution < -0.4 is 5.32 Å². The van der Waals surface area contributed by atoms with Crippen molar-refractivity contribution in [3.05, 3.63) is 24.0 Å². The Labute approximate surface area is 78.8 Å². The Bertz CT molecular complexity index is 259. The van der Waals surface area contributed by atoms with Gasteiger partial charge in [-0.15, -0.1) is 0 Å². The van der Waals surface area contributed by atoms with Gasteiger partial charge in [0.05, 0.1) is 6.61 Å². The molecule has 0 radical (unpaired) electrons. The molecule has 13 heavy (non-hydrogen) atoms. The molecule has 0 saturated carbocycles. The molecule has 0 bridgehead atoms. The zero-order chi connectivity index (χ0) is 9.68. The van der Waals surface area contributed by atoms with Gasteiger partial charge in [0, 0.05) is 23.6 Å². The maximum absolute atomic E-state index is 8.98.